The van der Waals surface area contributed by atoms with Gasteiger partial charge in [0.1, 0.15) is 0 Å². The van der Waals surface area contributed by atoms with Crippen LogP contribution in [0.25, 0.3) is 0 Å². The summed E-state index contributed by atoms with van der Waals surface area (Å²) in [5.74, 6) is 1.27. The van der Waals surface area contributed by atoms with Gasteiger partial charge in [0.2, 0.25) is 5.91 Å². The molecule has 0 unspecified atom stereocenters. The van der Waals surface area contributed by atoms with Crippen molar-refractivity contribution in [2.45, 2.75) is 13.3 Å². The first-order valence-corrected chi connectivity index (χ1v) is 9.30. The molecule has 0 spiro atoms. The highest BCUT2D eigenvalue weighted by atomic mass is 79.9. The van der Waals surface area contributed by atoms with Crippen LogP contribution < -0.4 is 5.43 Å². The molecule has 23 heavy (non-hydrogen) atoms. The highest BCUT2D eigenvalue weighted by molar-refractivity contribution is 9.10. The van der Waals surface area contributed by atoms with Gasteiger partial charge in [0.15, 0.2) is 0 Å². The predicted molar refractivity (Wildman–Crippen MR) is 102 cm³/mol. The number of carbonyl (C=O) groups excluding carboxylic acids is 1. The Morgan fingerprint density at radius 2 is 1.83 bits per heavy atom. The van der Waals surface area contributed by atoms with Crippen LogP contribution in [-0.2, 0) is 11.2 Å². The van der Waals surface area contributed by atoms with E-state index < -0.39 is 0 Å². The van der Waals surface area contributed by atoms with Crippen molar-refractivity contribution in [3.8, 4) is 0 Å². The quantitative estimate of drug-likeness (QED) is 0.435. The summed E-state index contributed by atoms with van der Waals surface area (Å²) < 4.78 is 1.02. The summed E-state index contributed by atoms with van der Waals surface area (Å²) in [6.07, 6.45) is 0.972. The van der Waals surface area contributed by atoms with E-state index in [0.29, 0.717) is 5.75 Å². The molecule has 2 aromatic rings. The number of thioether (sulfide) groups is 1. The van der Waals surface area contributed by atoms with E-state index in [1.165, 1.54) is 5.56 Å². The summed E-state index contributed by atoms with van der Waals surface area (Å²) in [7, 11) is 0. The first kappa shape index (κ1) is 17.8. The van der Waals surface area contributed by atoms with Gasteiger partial charge >= 0.3 is 0 Å². The van der Waals surface area contributed by atoms with Crippen LogP contribution in [-0.4, -0.2) is 23.1 Å². The van der Waals surface area contributed by atoms with Gasteiger partial charge in [-0.3, -0.25) is 4.79 Å². The zero-order valence-electron chi connectivity index (χ0n) is 13.0. The van der Waals surface area contributed by atoms with Gasteiger partial charge in [-0.25, -0.2) is 5.43 Å². The Morgan fingerprint density at radius 3 is 2.52 bits per heavy atom. The van der Waals surface area contributed by atoms with E-state index in [4.69, 9.17) is 0 Å². The van der Waals surface area contributed by atoms with Gasteiger partial charge in [0.25, 0.3) is 0 Å². The number of nitrogens with zero attached hydrogens (tertiary/aromatic N) is 1. The fourth-order valence-electron chi connectivity index (χ4n) is 1.93. The molecule has 0 atom stereocenters. The molecule has 0 aromatic heterocycles. The van der Waals surface area contributed by atoms with Crippen molar-refractivity contribution in [2.75, 3.05) is 11.5 Å². The number of carbonyl (C=O) groups is 1. The largest absolute Gasteiger partial charge is 0.272 e. The maximum atomic E-state index is 11.8. The fourth-order valence-corrected chi connectivity index (χ4v) is 2.97. The second-order valence-electron chi connectivity index (χ2n) is 5.03. The van der Waals surface area contributed by atoms with Gasteiger partial charge in [-0.15, -0.1) is 0 Å². The van der Waals surface area contributed by atoms with E-state index in [1.807, 2.05) is 49.4 Å². The molecule has 120 valence electrons. The normalized spacial score (nSPS) is 11.3. The van der Waals surface area contributed by atoms with E-state index >= 15 is 0 Å². The molecule has 1 N–H and O–H groups in total. The van der Waals surface area contributed by atoms with Crippen molar-refractivity contribution in [3.05, 3.63) is 70.2 Å². The van der Waals surface area contributed by atoms with Crippen LogP contribution in [0, 0.1) is 0 Å². The predicted octanol–water partition coefficient (Wildman–Crippen LogP) is 4.27. The fraction of sp³-hybridized carbons (Fsp3) is 0.222. The molecule has 2 rings (SSSR count). The standard InChI is InChI=1S/C18H19BrN2OS/c1-14(16-7-9-17(19)10-8-16)20-21-18(22)13-23-12-11-15-5-3-2-4-6-15/h2-10H,11-13H2,1H3,(H,21,22)/b20-14-. The molecule has 0 heterocycles. The maximum Gasteiger partial charge on any atom is 0.250 e. The van der Waals surface area contributed by atoms with Gasteiger partial charge in [-0.2, -0.15) is 16.9 Å². The number of hydrogen-bond acceptors (Lipinski definition) is 3. The molecule has 2 aromatic carbocycles. The molecule has 0 saturated carbocycles. The van der Waals surface area contributed by atoms with Crippen LogP contribution in [0.1, 0.15) is 18.1 Å². The van der Waals surface area contributed by atoms with E-state index in [1.54, 1.807) is 11.8 Å². The molecule has 5 heteroatoms. The molecule has 0 aliphatic carbocycles. The van der Waals surface area contributed by atoms with Gasteiger partial charge in [0, 0.05) is 4.47 Å². The van der Waals surface area contributed by atoms with E-state index in [2.05, 4.69) is 38.6 Å². The highest BCUT2D eigenvalue weighted by Gasteiger charge is 2.02. The van der Waals surface area contributed by atoms with Crippen LogP contribution in [0.2, 0.25) is 0 Å². The molecule has 0 radical (unpaired) electrons. The van der Waals surface area contributed by atoms with Crippen LogP contribution in [0.3, 0.4) is 0 Å². The summed E-state index contributed by atoms with van der Waals surface area (Å²) in [5.41, 5.74) is 5.69. The Morgan fingerprint density at radius 1 is 1.13 bits per heavy atom. The van der Waals surface area contributed by atoms with Crippen molar-refractivity contribution < 1.29 is 4.79 Å². The number of hydrogen-bond donors (Lipinski definition) is 1. The zero-order valence-corrected chi connectivity index (χ0v) is 15.4. The lowest BCUT2D eigenvalue weighted by Gasteiger charge is -2.04. The Kier molecular flexibility index (Phi) is 7.36. The second-order valence-corrected chi connectivity index (χ2v) is 7.05. The Bertz CT molecular complexity index is 656. The van der Waals surface area contributed by atoms with E-state index in [0.717, 1.165) is 27.9 Å². The van der Waals surface area contributed by atoms with Crippen LogP contribution in [0.5, 0.6) is 0 Å². The van der Waals surface area contributed by atoms with Crippen molar-refractivity contribution in [3.63, 3.8) is 0 Å². The van der Waals surface area contributed by atoms with E-state index in [-0.39, 0.29) is 5.91 Å². The van der Waals surface area contributed by atoms with Crippen LogP contribution >= 0.6 is 27.7 Å². The average Bonchev–Trinajstić information content (AvgIpc) is 2.58. The zero-order chi connectivity index (χ0) is 16.5. The minimum absolute atomic E-state index is 0.0699. The third-order valence-electron chi connectivity index (χ3n) is 3.22. The van der Waals surface area contributed by atoms with Crippen LogP contribution in [0.15, 0.2) is 64.2 Å². The molecular formula is C18H19BrN2OS. The molecule has 0 fully saturated rings. The number of amides is 1. The maximum absolute atomic E-state index is 11.8. The summed E-state index contributed by atoms with van der Waals surface area (Å²) in [5, 5.41) is 4.15. The highest BCUT2D eigenvalue weighted by Crippen LogP contribution is 2.11. The Labute approximate surface area is 149 Å². The first-order valence-electron chi connectivity index (χ1n) is 7.36. The third kappa shape index (κ3) is 6.59. The lowest BCUT2D eigenvalue weighted by Crippen LogP contribution is -2.21. The number of hydrazone groups is 1. The topological polar surface area (TPSA) is 41.5 Å². The number of benzene rings is 2. The van der Waals surface area contributed by atoms with Gasteiger partial charge in [-0.05, 0) is 42.4 Å². The average molecular weight is 391 g/mol. The molecule has 0 bridgehead atoms. The monoisotopic (exact) mass is 390 g/mol. The summed E-state index contributed by atoms with van der Waals surface area (Å²) in [6, 6.07) is 18.1. The number of aryl methyl sites for hydroxylation is 1. The van der Waals surface area contributed by atoms with Gasteiger partial charge < -0.3 is 0 Å². The SMILES string of the molecule is C/C(=N/NC(=O)CSCCc1ccccc1)c1ccc(Br)cc1. The third-order valence-corrected chi connectivity index (χ3v) is 4.71. The minimum atomic E-state index is -0.0699. The van der Waals surface area contributed by atoms with Gasteiger partial charge in [-0.1, -0.05) is 58.4 Å². The molecule has 1 amide bonds. The molecule has 0 saturated heterocycles. The minimum Gasteiger partial charge on any atom is -0.272 e. The summed E-state index contributed by atoms with van der Waals surface area (Å²) >= 11 is 5.01. The van der Waals surface area contributed by atoms with E-state index in [9.17, 15) is 4.79 Å². The van der Waals surface area contributed by atoms with Crippen molar-refractivity contribution >= 4 is 39.3 Å². The summed E-state index contributed by atoms with van der Waals surface area (Å²) in [4.78, 5) is 11.8. The van der Waals surface area contributed by atoms with Crippen molar-refractivity contribution in [1.29, 1.82) is 0 Å². The van der Waals surface area contributed by atoms with Crippen molar-refractivity contribution in [2.24, 2.45) is 5.10 Å². The Hall–Kier alpha value is -1.59. The molecule has 3 nitrogen and oxygen atoms in total. The molecule has 0 aliphatic heterocycles. The lowest BCUT2D eigenvalue weighted by atomic mass is 10.1. The second kappa shape index (κ2) is 9.53. The van der Waals surface area contributed by atoms with Crippen molar-refractivity contribution in [1.82, 2.24) is 5.43 Å². The molecule has 0 aliphatic rings. The Balaban J connectivity index is 1.70. The number of nitrogens with one attached hydrogen (secondary N) is 1. The summed E-state index contributed by atoms with van der Waals surface area (Å²) in [6.45, 7) is 1.88. The van der Waals surface area contributed by atoms with Crippen LogP contribution in [0.4, 0.5) is 0 Å². The lowest BCUT2D eigenvalue weighted by molar-refractivity contribution is -0.118. The number of halogens is 1. The smallest absolute Gasteiger partial charge is 0.250 e. The van der Waals surface area contributed by atoms with Gasteiger partial charge in [0.05, 0.1) is 11.5 Å². The first-order chi connectivity index (χ1) is 11.1. The number of rotatable bonds is 7. The molecular weight excluding hydrogens is 372 g/mol.